The molecule has 3 nitrogen and oxygen atoms in total. The number of carbonyl (C=O) groups is 1. The summed E-state index contributed by atoms with van der Waals surface area (Å²) < 4.78 is 0. The Hall–Kier alpha value is -1.35. The third-order valence-corrected chi connectivity index (χ3v) is 4.15. The smallest absolute Gasteiger partial charge is 0.320 e. The van der Waals surface area contributed by atoms with E-state index in [-0.39, 0.29) is 6.04 Å². The van der Waals surface area contributed by atoms with Gasteiger partial charge in [-0.15, -0.1) is 0 Å². The maximum Gasteiger partial charge on any atom is 0.320 e. The summed E-state index contributed by atoms with van der Waals surface area (Å²) >= 11 is 0. The van der Waals surface area contributed by atoms with Gasteiger partial charge in [0.15, 0.2) is 0 Å². The van der Waals surface area contributed by atoms with Crippen molar-refractivity contribution in [2.45, 2.75) is 51.0 Å². The Labute approximate surface area is 121 Å². The van der Waals surface area contributed by atoms with Crippen molar-refractivity contribution in [3.63, 3.8) is 0 Å². The quantitative estimate of drug-likeness (QED) is 0.809. The maximum absolute atomic E-state index is 11.3. The third kappa shape index (κ3) is 4.64. The van der Waals surface area contributed by atoms with Crippen LogP contribution in [0.4, 0.5) is 0 Å². The molecule has 1 saturated heterocycles. The molecule has 0 spiro atoms. The molecule has 1 N–H and O–H groups in total. The van der Waals surface area contributed by atoms with Crippen LogP contribution < -0.4 is 0 Å². The van der Waals surface area contributed by atoms with Gasteiger partial charge in [0.1, 0.15) is 6.04 Å². The number of hydrogen-bond donors (Lipinski definition) is 1. The summed E-state index contributed by atoms with van der Waals surface area (Å²) in [5.74, 6) is -0.644. The Morgan fingerprint density at radius 1 is 1.15 bits per heavy atom. The van der Waals surface area contributed by atoms with Gasteiger partial charge in [-0.1, -0.05) is 43.2 Å². The van der Waals surface area contributed by atoms with Crippen molar-refractivity contribution in [3.8, 4) is 0 Å². The van der Waals surface area contributed by atoms with Crippen LogP contribution in [0.25, 0.3) is 0 Å². The van der Waals surface area contributed by atoms with Gasteiger partial charge in [0, 0.05) is 0 Å². The summed E-state index contributed by atoms with van der Waals surface area (Å²) in [6.45, 7) is 1.87. The lowest BCUT2D eigenvalue weighted by atomic mass is 10.1. The van der Waals surface area contributed by atoms with E-state index in [0.29, 0.717) is 0 Å². The van der Waals surface area contributed by atoms with Crippen molar-refractivity contribution < 1.29 is 9.90 Å². The molecule has 2 rings (SSSR count). The van der Waals surface area contributed by atoms with Crippen molar-refractivity contribution in [1.82, 2.24) is 4.90 Å². The SMILES string of the molecule is O=C(O)C1CCCCCN1CCCCc1ccccc1. The predicted molar refractivity (Wildman–Crippen MR) is 80.8 cm³/mol. The van der Waals surface area contributed by atoms with E-state index in [4.69, 9.17) is 0 Å². The molecule has 1 unspecified atom stereocenters. The van der Waals surface area contributed by atoms with Crippen molar-refractivity contribution in [2.24, 2.45) is 0 Å². The molecule has 0 radical (unpaired) electrons. The van der Waals surface area contributed by atoms with Gasteiger partial charge in [-0.2, -0.15) is 0 Å². The summed E-state index contributed by atoms with van der Waals surface area (Å²) in [5.41, 5.74) is 1.37. The van der Waals surface area contributed by atoms with E-state index >= 15 is 0 Å². The number of carboxylic acids is 1. The van der Waals surface area contributed by atoms with Gasteiger partial charge in [-0.3, -0.25) is 9.69 Å². The highest BCUT2D eigenvalue weighted by molar-refractivity contribution is 5.73. The fraction of sp³-hybridized carbons (Fsp3) is 0.588. The zero-order valence-corrected chi connectivity index (χ0v) is 12.1. The van der Waals surface area contributed by atoms with Crippen LogP contribution in [0.1, 0.15) is 44.1 Å². The molecular weight excluding hydrogens is 250 g/mol. The first-order valence-corrected chi connectivity index (χ1v) is 7.78. The molecule has 1 aromatic rings. The minimum atomic E-state index is -0.644. The maximum atomic E-state index is 11.3. The highest BCUT2D eigenvalue weighted by Crippen LogP contribution is 2.18. The largest absolute Gasteiger partial charge is 0.480 e. The monoisotopic (exact) mass is 275 g/mol. The van der Waals surface area contributed by atoms with Crippen LogP contribution in [-0.2, 0) is 11.2 Å². The Bertz CT molecular complexity index is 405. The number of aryl methyl sites for hydroxylation is 1. The second-order valence-electron chi connectivity index (χ2n) is 5.68. The molecule has 0 saturated carbocycles. The van der Waals surface area contributed by atoms with Crippen LogP contribution in [0, 0.1) is 0 Å². The average molecular weight is 275 g/mol. The molecule has 1 aliphatic heterocycles. The minimum Gasteiger partial charge on any atom is -0.480 e. The Kier molecular flexibility index (Phi) is 6.06. The lowest BCUT2D eigenvalue weighted by Gasteiger charge is -2.26. The number of rotatable bonds is 6. The molecule has 1 aromatic carbocycles. The molecule has 0 aromatic heterocycles. The van der Waals surface area contributed by atoms with Crippen LogP contribution in [0.5, 0.6) is 0 Å². The van der Waals surface area contributed by atoms with Gasteiger partial charge in [0.05, 0.1) is 0 Å². The van der Waals surface area contributed by atoms with E-state index < -0.39 is 5.97 Å². The summed E-state index contributed by atoms with van der Waals surface area (Å²) in [4.78, 5) is 13.5. The first-order valence-electron chi connectivity index (χ1n) is 7.78. The average Bonchev–Trinajstić information content (AvgIpc) is 2.70. The first-order chi connectivity index (χ1) is 9.77. The van der Waals surface area contributed by atoms with Gasteiger partial charge in [-0.25, -0.2) is 0 Å². The van der Waals surface area contributed by atoms with Gasteiger partial charge in [-0.05, 0) is 50.8 Å². The number of nitrogens with zero attached hydrogens (tertiary/aromatic N) is 1. The highest BCUT2D eigenvalue weighted by atomic mass is 16.4. The van der Waals surface area contributed by atoms with Crippen molar-refractivity contribution in [2.75, 3.05) is 13.1 Å². The Balaban J connectivity index is 1.75. The topological polar surface area (TPSA) is 40.5 Å². The van der Waals surface area contributed by atoms with Gasteiger partial charge in [0.2, 0.25) is 0 Å². The molecular formula is C17H25NO2. The van der Waals surface area contributed by atoms with Crippen molar-refractivity contribution >= 4 is 5.97 Å². The van der Waals surface area contributed by atoms with E-state index in [0.717, 1.165) is 51.6 Å². The van der Waals surface area contributed by atoms with Crippen molar-refractivity contribution in [1.29, 1.82) is 0 Å². The van der Waals surface area contributed by atoms with Gasteiger partial charge in [0.25, 0.3) is 0 Å². The molecule has 0 aliphatic carbocycles. The van der Waals surface area contributed by atoms with Crippen molar-refractivity contribution in [3.05, 3.63) is 35.9 Å². The number of hydrogen-bond acceptors (Lipinski definition) is 2. The fourth-order valence-corrected chi connectivity index (χ4v) is 3.00. The summed E-state index contributed by atoms with van der Waals surface area (Å²) in [7, 11) is 0. The van der Waals surface area contributed by atoms with Crippen LogP contribution in [0.15, 0.2) is 30.3 Å². The first kappa shape index (κ1) is 15.0. The van der Waals surface area contributed by atoms with Gasteiger partial charge < -0.3 is 5.11 Å². The number of unbranched alkanes of at least 4 members (excludes halogenated alkanes) is 1. The van der Waals surface area contributed by atoms with Crippen LogP contribution in [-0.4, -0.2) is 35.1 Å². The molecule has 1 atom stereocenters. The summed E-state index contributed by atoms with van der Waals surface area (Å²) in [5, 5.41) is 9.33. The van der Waals surface area contributed by atoms with Crippen LogP contribution in [0.2, 0.25) is 0 Å². The minimum absolute atomic E-state index is 0.255. The molecule has 1 heterocycles. The second kappa shape index (κ2) is 8.05. The number of likely N-dealkylation sites (tertiary alicyclic amines) is 1. The van der Waals surface area contributed by atoms with E-state index in [1.165, 1.54) is 12.0 Å². The Morgan fingerprint density at radius 3 is 2.70 bits per heavy atom. The predicted octanol–water partition coefficient (Wildman–Crippen LogP) is 3.34. The summed E-state index contributed by atoms with van der Waals surface area (Å²) in [6, 6.07) is 10.2. The highest BCUT2D eigenvalue weighted by Gasteiger charge is 2.26. The standard InChI is InChI=1S/C17H25NO2/c19-17(20)16-12-5-2-7-13-18(16)14-8-6-11-15-9-3-1-4-10-15/h1,3-4,9-10,16H,2,5-8,11-14H2,(H,19,20). The lowest BCUT2D eigenvalue weighted by molar-refractivity contribution is -0.143. The van der Waals surface area contributed by atoms with Crippen LogP contribution >= 0.6 is 0 Å². The molecule has 1 aliphatic rings. The van der Waals surface area contributed by atoms with E-state index in [9.17, 15) is 9.90 Å². The summed E-state index contributed by atoms with van der Waals surface area (Å²) in [6.07, 6.45) is 7.48. The van der Waals surface area contributed by atoms with E-state index in [2.05, 4.69) is 29.2 Å². The number of carboxylic acid groups (broad SMARTS) is 1. The number of benzene rings is 1. The van der Waals surface area contributed by atoms with E-state index in [1.807, 2.05) is 6.07 Å². The van der Waals surface area contributed by atoms with Gasteiger partial charge >= 0.3 is 5.97 Å². The zero-order valence-electron chi connectivity index (χ0n) is 12.1. The second-order valence-corrected chi connectivity index (χ2v) is 5.68. The van der Waals surface area contributed by atoms with E-state index in [1.54, 1.807) is 0 Å². The third-order valence-electron chi connectivity index (χ3n) is 4.15. The molecule has 3 heteroatoms. The molecule has 110 valence electrons. The zero-order chi connectivity index (χ0) is 14.2. The molecule has 20 heavy (non-hydrogen) atoms. The Morgan fingerprint density at radius 2 is 1.95 bits per heavy atom. The molecule has 1 fully saturated rings. The molecule has 0 bridgehead atoms. The van der Waals surface area contributed by atoms with Crippen LogP contribution in [0.3, 0.4) is 0 Å². The lowest BCUT2D eigenvalue weighted by Crippen LogP contribution is -2.41. The molecule has 0 amide bonds. The normalized spacial score (nSPS) is 20.5. The fourth-order valence-electron chi connectivity index (χ4n) is 3.00. The number of aliphatic carboxylic acids is 1.